The van der Waals surface area contributed by atoms with Crippen molar-refractivity contribution in [2.24, 2.45) is 0 Å². The van der Waals surface area contributed by atoms with Crippen LogP contribution in [-0.4, -0.2) is 24.3 Å². The van der Waals surface area contributed by atoms with Gasteiger partial charge < -0.3 is 5.11 Å². The van der Waals surface area contributed by atoms with Gasteiger partial charge in [-0.1, -0.05) is 6.07 Å². The molecule has 1 aromatic rings. The van der Waals surface area contributed by atoms with Crippen molar-refractivity contribution >= 4 is 10.7 Å². The highest BCUT2D eigenvalue weighted by Crippen LogP contribution is 2.00. The van der Waals surface area contributed by atoms with Crippen molar-refractivity contribution in [1.82, 2.24) is 4.98 Å². The summed E-state index contributed by atoms with van der Waals surface area (Å²) < 4.78 is 20.5. The van der Waals surface area contributed by atoms with Crippen LogP contribution in [0.1, 0.15) is 11.3 Å². The van der Waals surface area contributed by atoms with Gasteiger partial charge in [-0.05, 0) is 11.6 Å². The van der Waals surface area contributed by atoms with Crippen LogP contribution in [0.25, 0.3) is 0 Å². The normalized spacial score (nSPS) is 10.6. The van der Waals surface area contributed by atoms with Gasteiger partial charge in [0.05, 0.1) is 12.4 Å². The molecule has 1 N–H and O–H groups in total. The highest BCUT2D eigenvalue weighted by atomic mass is 32.2. The molecule has 1 heterocycles. The molecule has 1 aromatic heterocycles. The minimum Gasteiger partial charge on any atom is -0.392 e. The second kappa shape index (κ2) is 4.94. The number of aliphatic hydroxyl groups excluding tert-OH is 1. The van der Waals surface area contributed by atoms with Crippen molar-refractivity contribution in [3.05, 3.63) is 29.6 Å². The number of aryl methyl sites for hydroxylation is 1. The van der Waals surface area contributed by atoms with Crippen molar-refractivity contribution < 1.29 is 13.5 Å². The fourth-order valence-electron chi connectivity index (χ4n) is 0.902. The number of aromatic nitrogens is 1. The first-order valence-electron chi connectivity index (χ1n) is 3.89. The minimum atomic E-state index is -2.32. The largest absolute Gasteiger partial charge is 0.392 e. The number of thiol groups is 1. The summed E-state index contributed by atoms with van der Waals surface area (Å²) in [5, 5.41) is 8.71. The van der Waals surface area contributed by atoms with Gasteiger partial charge in [0.15, 0.2) is 0 Å². The van der Waals surface area contributed by atoms with Crippen molar-refractivity contribution in [3.8, 4) is 0 Å². The summed E-state index contributed by atoms with van der Waals surface area (Å²) in [7, 11) is -2.32. The van der Waals surface area contributed by atoms with Gasteiger partial charge in [0.2, 0.25) is 0 Å². The zero-order valence-electron chi connectivity index (χ0n) is 7.01. The van der Waals surface area contributed by atoms with Gasteiger partial charge in [0.25, 0.3) is 0 Å². The van der Waals surface area contributed by atoms with Gasteiger partial charge >= 0.3 is 0 Å². The van der Waals surface area contributed by atoms with E-state index in [-0.39, 0.29) is 12.4 Å². The molecule has 0 aromatic carbocycles. The van der Waals surface area contributed by atoms with Gasteiger partial charge in [-0.25, -0.2) is 8.42 Å². The number of hydrogen-bond donors (Lipinski definition) is 2. The third-order valence-corrected chi connectivity index (χ3v) is 2.21. The molecule has 0 bridgehead atoms. The molecule has 0 saturated carbocycles. The lowest BCUT2D eigenvalue weighted by Gasteiger charge is -1.98. The van der Waals surface area contributed by atoms with Crippen molar-refractivity contribution in [3.63, 3.8) is 0 Å². The molecule has 0 aliphatic rings. The molecule has 0 atom stereocenters. The van der Waals surface area contributed by atoms with Crippen LogP contribution in [0.5, 0.6) is 0 Å². The quantitative estimate of drug-likeness (QED) is 0.658. The van der Waals surface area contributed by atoms with E-state index in [4.69, 9.17) is 5.11 Å². The molecule has 0 aliphatic heterocycles. The molecule has 72 valence electrons. The Labute approximate surface area is 78.2 Å². The fraction of sp³-hybridized carbons (Fsp3) is 0.375. The average Bonchev–Trinajstić information content (AvgIpc) is 2.15. The highest BCUT2D eigenvalue weighted by Gasteiger charge is 1.96. The van der Waals surface area contributed by atoms with E-state index in [2.05, 4.69) is 4.98 Å². The van der Waals surface area contributed by atoms with E-state index in [1.165, 1.54) is 0 Å². The minimum absolute atomic E-state index is 0.0386. The molecular formula is C8H11NO3S. The Hall–Kier alpha value is -0.940. The van der Waals surface area contributed by atoms with Crippen LogP contribution in [0.4, 0.5) is 0 Å². The molecule has 0 amide bonds. The van der Waals surface area contributed by atoms with Crippen LogP contribution in [0.3, 0.4) is 0 Å². The standard InChI is InChI=1S/C8H11NO3S/c10-6-7-1-2-8(9-5-7)3-4-13(11)12/h1-2,5,10,13H,3-4,6H2. The van der Waals surface area contributed by atoms with Crippen LogP contribution >= 0.6 is 0 Å². The Morgan fingerprint density at radius 3 is 2.62 bits per heavy atom. The maximum Gasteiger partial charge on any atom is 0.140 e. The maximum absolute atomic E-state index is 10.3. The molecular weight excluding hydrogens is 190 g/mol. The Kier molecular flexibility index (Phi) is 3.85. The summed E-state index contributed by atoms with van der Waals surface area (Å²) in [4.78, 5) is 3.99. The predicted octanol–water partition coefficient (Wildman–Crippen LogP) is -0.272. The van der Waals surface area contributed by atoms with Crippen LogP contribution in [-0.2, 0) is 23.7 Å². The van der Waals surface area contributed by atoms with Gasteiger partial charge in [-0.15, -0.1) is 0 Å². The third kappa shape index (κ3) is 3.52. The van der Waals surface area contributed by atoms with E-state index >= 15 is 0 Å². The van der Waals surface area contributed by atoms with Gasteiger partial charge in [-0.3, -0.25) is 4.98 Å². The lowest BCUT2D eigenvalue weighted by Crippen LogP contribution is -1.97. The highest BCUT2D eigenvalue weighted by molar-refractivity contribution is 7.72. The number of rotatable bonds is 4. The second-order valence-corrected chi connectivity index (χ2v) is 3.73. The fourth-order valence-corrected chi connectivity index (χ4v) is 1.31. The molecule has 0 unspecified atom stereocenters. The van der Waals surface area contributed by atoms with E-state index in [0.29, 0.717) is 6.42 Å². The number of pyridine rings is 1. The molecule has 0 spiro atoms. The summed E-state index contributed by atoms with van der Waals surface area (Å²) in [5.74, 6) is 0.126. The first-order chi connectivity index (χ1) is 6.22. The smallest absolute Gasteiger partial charge is 0.140 e. The van der Waals surface area contributed by atoms with Crippen molar-refractivity contribution in [2.75, 3.05) is 5.75 Å². The summed E-state index contributed by atoms with van der Waals surface area (Å²) in [6.45, 7) is -0.0386. The van der Waals surface area contributed by atoms with Crippen molar-refractivity contribution in [1.29, 1.82) is 0 Å². The van der Waals surface area contributed by atoms with Crippen LogP contribution < -0.4 is 0 Å². The van der Waals surface area contributed by atoms with Crippen LogP contribution in [0.2, 0.25) is 0 Å². The SMILES string of the molecule is O=[SH](=O)CCc1ccc(CO)cn1. The molecule has 0 fully saturated rings. The van der Waals surface area contributed by atoms with E-state index in [0.717, 1.165) is 11.3 Å². The molecule has 0 saturated heterocycles. The number of nitrogens with zero attached hydrogens (tertiary/aromatic N) is 1. The topological polar surface area (TPSA) is 67.3 Å². The summed E-state index contributed by atoms with van der Waals surface area (Å²) in [6.07, 6.45) is 1.98. The van der Waals surface area contributed by atoms with Crippen LogP contribution in [0.15, 0.2) is 18.3 Å². The Balaban J connectivity index is 2.59. The molecule has 0 radical (unpaired) electrons. The summed E-state index contributed by atoms with van der Waals surface area (Å²) in [5.41, 5.74) is 1.46. The Morgan fingerprint density at radius 2 is 2.15 bits per heavy atom. The first-order valence-corrected chi connectivity index (χ1v) is 5.25. The Morgan fingerprint density at radius 1 is 1.38 bits per heavy atom. The molecule has 5 heteroatoms. The zero-order chi connectivity index (χ0) is 9.68. The van der Waals surface area contributed by atoms with Crippen LogP contribution in [0, 0.1) is 0 Å². The summed E-state index contributed by atoms with van der Waals surface area (Å²) >= 11 is 0. The number of aliphatic hydroxyl groups is 1. The van der Waals surface area contributed by atoms with Gasteiger partial charge in [0, 0.05) is 18.3 Å². The first kappa shape index (κ1) is 10.1. The van der Waals surface area contributed by atoms with E-state index in [9.17, 15) is 8.42 Å². The lowest BCUT2D eigenvalue weighted by molar-refractivity contribution is 0.281. The molecule has 1 rings (SSSR count). The van der Waals surface area contributed by atoms with Gasteiger partial charge in [-0.2, -0.15) is 0 Å². The second-order valence-electron chi connectivity index (χ2n) is 2.62. The third-order valence-electron chi connectivity index (χ3n) is 1.62. The maximum atomic E-state index is 10.3. The lowest BCUT2D eigenvalue weighted by atomic mass is 10.2. The molecule has 13 heavy (non-hydrogen) atoms. The van der Waals surface area contributed by atoms with E-state index < -0.39 is 10.7 Å². The summed E-state index contributed by atoms with van der Waals surface area (Å²) in [6, 6.07) is 3.46. The molecule has 4 nitrogen and oxygen atoms in total. The van der Waals surface area contributed by atoms with E-state index in [1.54, 1.807) is 18.3 Å². The zero-order valence-corrected chi connectivity index (χ0v) is 7.91. The predicted molar refractivity (Wildman–Crippen MR) is 49.0 cm³/mol. The van der Waals surface area contributed by atoms with E-state index in [1.807, 2.05) is 0 Å². The van der Waals surface area contributed by atoms with Crippen molar-refractivity contribution in [2.45, 2.75) is 13.0 Å². The molecule has 0 aliphatic carbocycles. The number of hydrogen-bond acceptors (Lipinski definition) is 4. The Bertz CT molecular complexity index is 324. The monoisotopic (exact) mass is 201 g/mol. The average molecular weight is 201 g/mol. The van der Waals surface area contributed by atoms with Gasteiger partial charge in [0.1, 0.15) is 10.7 Å².